The summed E-state index contributed by atoms with van der Waals surface area (Å²) in [6.45, 7) is 10.2. The Bertz CT molecular complexity index is 381. The molecule has 0 amide bonds. The van der Waals surface area contributed by atoms with Crippen molar-refractivity contribution in [3.05, 3.63) is 18.1 Å². The highest BCUT2D eigenvalue weighted by Crippen LogP contribution is 2.33. The SMILES string of the molecule is CC(C)(C)C1CCN(Cc2cnc(NN)cn2)C1. The Morgan fingerprint density at radius 2 is 2.17 bits per heavy atom. The summed E-state index contributed by atoms with van der Waals surface area (Å²) in [6, 6.07) is 0. The van der Waals surface area contributed by atoms with Gasteiger partial charge in [-0.2, -0.15) is 0 Å². The number of hydrogen-bond acceptors (Lipinski definition) is 5. The van der Waals surface area contributed by atoms with Gasteiger partial charge in [-0.15, -0.1) is 0 Å². The number of rotatable bonds is 3. The molecule has 1 aromatic rings. The molecule has 0 saturated carbocycles. The minimum atomic E-state index is 0.397. The van der Waals surface area contributed by atoms with Gasteiger partial charge in [0.2, 0.25) is 0 Å². The summed E-state index contributed by atoms with van der Waals surface area (Å²) < 4.78 is 0. The van der Waals surface area contributed by atoms with E-state index in [1.807, 2.05) is 0 Å². The van der Waals surface area contributed by atoms with E-state index < -0.39 is 0 Å². The summed E-state index contributed by atoms with van der Waals surface area (Å²) in [5.41, 5.74) is 3.89. The maximum Gasteiger partial charge on any atom is 0.158 e. The van der Waals surface area contributed by atoms with Gasteiger partial charge in [0, 0.05) is 13.1 Å². The number of nitrogens with one attached hydrogen (secondary N) is 1. The molecule has 2 heterocycles. The normalized spacial score (nSPS) is 21.2. The fourth-order valence-electron chi connectivity index (χ4n) is 2.42. The van der Waals surface area contributed by atoms with E-state index in [0.717, 1.165) is 31.2 Å². The first-order valence-corrected chi connectivity index (χ1v) is 6.49. The van der Waals surface area contributed by atoms with E-state index in [2.05, 4.69) is 41.1 Å². The van der Waals surface area contributed by atoms with Crippen LogP contribution in [0.5, 0.6) is 0 Å². The lowest BCUT2D eigenvalue weighted by Gasteiger charge is -2.27. The van der Waals surface area contributed by atoms with Gasteiger partial charge in [0.25, 0.3) is 0 Å². The second-order valence-electron chi connectivity index (χ2n) is 6.12. The zero-order valence-electron chi connectivity index (χ0n) is 11.5. The lowest BCUT2D eigenvalue weighted by atomic mass is 9.80. The highest BCUT2D eigenvalue weighted by molar-refractivity contribution is 5.28. The van der Waals surface area contributed by atoms with E-state index in [9.17, 15) is 0 Å². The lowest BCUT2D eigenvalue weighted by molar-refractivity contribution is 0.225. The maximum atomic E-state index is 5.27. The molecular formula is C13H23N5. The molecule has 0 aromatic carbocycles. The molecule has 100 valence electrons. The number of nitrogens with zero attached hydrogens (tertiary/aromatic N) is 3. The molecular weight excluding hydrogens is 226 g/mol. The minimum Gasteiger partial charge on any atom is -0.307 e. The van der Waals surface area contributed by atoms with E-state index >= 15 is 0 Å². The first-order chi connectivity index (χ1) is 8.49. The molecule has 1 aromatic heterocycles. The number of hydrogen-bond donors (Lipinski definition) is 2. The molecule has 3 N–H and O–H groups in total. The highest BCUT2D eigenvalue weighted by Gasteiger charge is 2.31. The van der Waals surface area contributed by atoms with Crippen molar-refractivity contribution in [2.75, 3.05) is 18.5 Å². The number of hydrazine groups is 1. The quantitative estimate of drug-likeness (QED) is 0.629. The molecule has 18 heavy (non-hydrogen) atoms. The molecule has 5 heteroatoms. The van der Waals surface area contributed by atoms with Crippen LogP contribution in [0.15, 0.2) is 12.4 Å². The molecule has 0 radical (unpaired) electrons. The van der Waals surface area contributed by atoms with Gasteiger partial charge in [-0.25, -0.2) is 10.8 Å². The fourth-order valence-corrected chi connectivity index (χ4v) is 2.42. The van der Waals surface area contributed by atoms with Crippen molar-refractivity contribution in [1.82, 2.24) is 14.9 Å². The van der Waals surface area contributed by atoms with Crippen molar-refractivity contribution in [3.63, 3.8) is 0 Å². The first-order valence-electron chi connectivity index (χ1n) is 6.49. The van der Waals surface area contributed by atoms with Crippen LogP contribution in [-0.2, 0) is 6.54 Å². The van der Waals surface area contributed by atoms with Crippen LogP contribution in [0.1, 0.15) is 32.9 Å². The number of nitrogen functional groups attached to an aromatic ring is 1. The zero-order valence-corrected chi connectivity index (χ0v) is 11.5. The summed E-state index contributed by atoms with van der Waals surface area (Å²) in [7, 11) is 0. The molecule has 0 bridgehead atoms. The third-order valence-electron chi connectivity index (χ3n) is 3.74. The van der Waals surface area contributed by atoms with Crippen molar-refractivity contribution >= 4 is 5.82 Å². The van der Waals surface area contributed by atoms with Crippen molar-refractivity contribution in [2.45, 2.75) is 33.7 Å². The van der Waals surface area contributed by atoms with Gasteiger partial charge in [0.1, 0.15) is 0 Å². The Kier molecular flexibility index (Phi) is 3.82. The maximum absolute atomic E-state index is 5.27. The second-order valence-corrected chi connectivity index (χ2v) is 6.12. The van der Waals surface area contributed by atoms with Crippen LogP contribution in [-0.4, -0.2) is 28.0 Å². The smallest absolute Gasteiger partial charge is 0.158 e. The van der Waals surface area contributed by atoms with Crippen molar-refractivity contribution in [3.8, 4) is 0 Å². The van der Waals surface area contributed by atoms with Crippen LogP contribution < -0.4 is 11.3 Å². The third kappa shape index (κ3) is 3.17. The van der Waals surface area contributed by atoms with Crippen LogP contribution in [0.3, 0.4) is 0 Å². The van der Waals surface area contributed by atoms with Gasteiger partial charge in [-0.1, -0.05) is 20.8 Å². The average molecular weight is 249 g/mol. The van der Waals surface area contributed by atoms with E-state index in [1.54, 1.807) is 12.4 Å². The van der Waals surface area contributed by atoms with Crippen LogP contribution >= 0.6 is 0 Å². The zero-order chi connectivity index (χ0) is 13.2. The molecule has 1 saturated heterocycles. The van der Waals surface area contributed by atoms with E-state index in [-0.39, 0.29) is 0 Å². The Balaban J connectivity index is 1.91. The summed E-state index contributed by atoms with van der Waals surface area (Å²) in [6.07, 6.45) is 4.74. The summed E-state index contributed by atoms with van der Waals surface area (Å²) in [5.74, 6) is 6.64. The molecule has 1 fully saturated rings. The Hall–Kier alpha value is -1.20. The number of nitrogens with two attached hydrogens (primary N) is 1. The number of aromatic nitrogens is 2. The fraction of sp³-hybridized carbons (Fsp3) is 0.692. The van der Waals surface area contributed by atoms with Crippen LogP contribution in [0.2, 0.25) is 0 Å². The summed E-state index contributed by atoms with van der Waals surface area (Å²) >= 11 is 0. The topological polar surface area (TPSA) is 67.1 Å². The number of anilines is 1. The van der Waals surface area contributed by atoms with Crippen LogP contribution in [0.4, 0.5) is 5.82 Å². The van der Waals surface area contributed by atoms with Crippen molar-refractivity contribution < 1.29 is 0 Å². The van der Waals surface area contributed by atoms with E-state index in [4.69, 9.17) is 5.84 Å². The Morgan fingerprint density at radius 1 is 1.39 bits per heavy atom. The van der Waals surface area contributed by atoms with Gasteiger partial charge in [0.15, 0.2) is 5.82 Å². The van der Waals surface area contributed by atoms with Crippen molar-refractivity contribution in [1.29, 1.82) is 0 Å². The molecule has 1 unspecified atom stereocenters. The standard InChI is InChI=1S/C13H23N5/c1-13(2,3)10-4-5-18(8-10)9-11-6-16-12(17-14)7-15-11/h6-7,10H,4-5,8-9,14H2,1-3H3,(H,16,17). The monoisotopic (exact) mass is 249 g/mol. The average Bonchev–Trinajstić information content (AvgIpc) is 2.78. The Morgan fingerprint density at radius 3 is 2.67 bits per heavy atom. The second kappa shape index (κ2) is 5.20. The predicted octanol–water partition coefficient (Wildman–Crippen LogP) is 1.63. The van der Waals surface area contributed by atoms with Gasteiger partial charge in [-0.05, 0) is 24.3 Å². The predicted molar refractivity (Wildman–Crippen MR) is 72.7 cm³/mol. The molecule has 2 rings (SSSR count). The van der Waals surface area contributed by atoms with Gasteiger partial charge >= 0.3 is 0 Å². The van der Waals surface area contributed by atoms with Gasteiger partial charge < -0.3 is 5.43 Å². The van der Waals surface area contributed by atoms with Gasteiger partial charge in [-0.3, -0.25) is 9.88 Å². The Labute approximate surface area is 109 Å². The highest BCUT2D eigenvalue weighted by atomic mass is 15.3. The van der Waals surface area contributed by atoms with Crippen LogP contribution in [0.25, 0.3) is 0 Å². The molecule has 1 aliphatic rings. The number of likely N-dealkylation sites (tertiary alicyclic amines) is 1. The summed E-state index contributed by atoms with van der Waals surface area (Å²) in [4.78, 5) is 11.0. The van der Waals surface area contributed by atoms with Crippen molar-refractivity contribution in [2.24, 2.45) is 17.2 Å². The first kappa shape index (κ1) is 13.2. The van der Waals surface area contributed by atoms with E-state index in [0.29, 0.717) is 11.2 Å². The molecule has 1 aliphatic heterocycles. The minimum absolute atomic E-state index is 0.397. The molecule has 5 nitrogen and oxygen atoms in total. The lowest BCUT2D eigenvalue weighted by Crippen LogP contribution is -2.26. The third-order valence-corrected chi connectivity index (χ3v) is 3.74. The summed E-state index contributed by atoms with van der Waals surface area (Å²) in [5, 5.41) is 0. The molecule has 0 spiro atoms. The largest absolute Gasteiger partial charge is 0.307 e. The molecule has 0 aliphatic carbocycles. The van der Waals surface area contributed by atoms with Crippen LogP contribution in [0, 0.1) is 11.3 Å². The van der Waals surface area contributed by atoms with Gasteiger partial charge in [0.05, 0.1) is 18.1 Å². The molecule has 1 atom stereocenters. The van der Waals surface area contributed by atoms with E-state index in [1.165, 1.54) is 6.42 Å².